The van der Waals surface area contributed by atoms with Crippen molar-refractivity contribution in [3.63, 3.8) is 0 Å². The van der Waals surface area contributed by atoms with E-state index in [2.05, 4.69) is 16.0 Å². The lowest BCUT2D eigenvalue weighted by Gasteiger charge is -2.10. The number of benzene rings is 2. The Balaban J connectivity index is 1.59. The van der Waals surface area contributed by atoms with E-state index in [1.54, 1.807) is 30.3 Å². The van der Waals surface area contributed by atoms with Gasteiger partial charge in [-0.1, -0.05) is 42.5 Å². The normalized spacial score (nSPS) is 10.3. The number of amides is 1. The standard InChI is InChI=1S/C24H23N3O3/c1-17-14-22(18(2)27(17)15-20-6-4-3-5-7-20)24(29)30-16-23(28)26-21-10-8-19(9-11-21)12-13-25/h3-11,14H,12,15-16H2,1-2H3,(H,26,28). The van der Waals surface area contributed by atoms with Crippen LogP contribution in [-0.2, 0) is 22.5 Å². The number of hydrogen-bond acceptors (Lipinski definition) is 4. The minimum absolute atomic E-state index is 0.314. The monoisotopic (exact) mass is 401 g/mol. The molecule has 3 aromatic rings. The predicted octanol–water partition coefficient (Wildman–Crippen LogP) is 4.01. The predicted molar refractivity (Wildman–Crippen MR) is 114 cm³/mol. The summed E-state index contributed by atoms with van der Waals surface area (Å²) in [5, 5.41) is 11.4. The number of carbonyl (C=O) groups is 2. The third-order valence-electron chi connectivity index (χ3n) is 4.83. The summed E-state index contributed by atoms with van der Waals surface area (Å²) in [6.45, 7) is 4.10. The smallest absolute Gasteiger partial charge is 0.340 e. The van der Waals surface area contributed by atoms with E-state index < -0.39 is 11.9 Å². The summed E-state index contributed by atoms with van der Waals surface area (Å²) in [6.07, 6.45) is 0.314. The minimum Gasteiger partial charge on any atom is -0.452 e. The molecular formula is C24H23N3O3. The van der Waals surface area contributed by atoms with E-state index in [1.165, 1.54) is 0 Å². The molecule has 6 nitrogen and oxygen atoms in total. The molecule has 0 bridgehead atoms. The van der Waals surface area contributed by atoms with Crippen LogP contribution in [0.3, 0.4) is 0 Å². The first-order valence-electron chi connectivity index (χ1n) is 9.61. The lowest BCUT2D eigenvalue weighted by atomic mass is 10.1. The van der Waals surface area contributed by atoms with Crippen molar-refractivity contribution in [1.82, 2.24) is 4.57 Å². The van der Waals surface area contributed by atoms with Crippen LogP contribution in [0.15, 0.2) is 60.7 Å². The van der Waals surface area contributed by atoms with E-state index >= 15 is 0 Å². The van der Waals surface area contributed by atoms with Crippen LogP contribution in [-0.4, -0.2) is 23.1 Å². The Morgan fingerprint density at radius 1 is 1.03 bits per heavy atom. The van der Waals surface area contributed by atoms with Gasteiger partial charge in [0.1, 0.15) is 0 Å². The largest absolute Gasteiger partial charge is 0.452 e. The second-order valence-corrected chi connectivity index (χ2v) is 7.01. The summed E-state index contributed by atoms with van der Waals surface area (Å²) in [7, 11) is 0. The van der Waals surface area contributed by atoms with Crippen molar-refractivity contribution in [2.24, 2.45) is 0 Å². The number of aromatic nitrogens is 1. The molecule has 0 saturated heterocycles. The molecule has 0 fully saturated rings. The van der Waals surface area contributed by atoms with Gasteiger partial charge in [-0.2, -0.15) is 5.26 Å². The lowest BCUT2D eigenvalue weighted by molar-refractivity contribution is -0.119. The number of ether oxygens (including phenoxy) is 1. The number of rotatable bonds is 7. The third kappa shape index (κ3) is 5.15. The summed E-state index contributed by atoms with van der Waals surface area (Å²) in [6, 6.07) is 20.8. The van der Waals surface area contributed by atoms with Gasteiger partial charge in [-0.25, -0.2) is 4.79 Å². The fourth-order valence-corrected chi connectivity index (χ4v) is 3.22. The van der Waals surface area contributed by atoms with Crippen LogP contribution >= 0.6 is 0 Å². The van der Waals surface area contributed by atoms with Crippen LogP contribution in [0.25, 0.3) is 0 Å². The van der Waals surface area contributed by atoms with Gasteiger partial charge in [0.2, 0.25) is 0 Å². The Kier molecular flexibility index (Phi) is 6.66. The molecule has 3 rings (SSSR count). The average molecular weight is 401 g/mol. The summed E-state index contributed by atoms with van der Waals surface area (Å²) in [5.74, 6) is -0.948. The third-order valence-corrected chi connectivity index (χ3v) is 4.83. The van der Waals surface area contributed by atoms with Gasteiger partial charge in [0, 0.05) is 23.6 Å². The first-order chi connectivity index (χ1) is 14.5. The van der Waals surface area contributed by atoms with Crippen LogP contribution in [0.2, 0.25) is 0 Å². The number of nitrogens with one attached hydrogen (secondary N) is 1. The molecule has 1 N–H and O–H groups in total. The van der Waals surface area contributed by atoms with Gasteiger partial charge in [0.15, 0.2) is 6.61 Å². The minimum atomic E-state index is -0.526. The molecule has 0 aliphatic rings. The van der Waals surface area contributed by atoms with Gasteiger partial charge in [-0.3, -0.25) is 4.79 Å². The second-order valence-electron chi connectivity index (χ2n) is 7.01. The number of nitriles is 1. The van der Waals surface area contributed by atoms with Gasteiger partial charge < -0.3 is 14.6 Å². The van der Waals surface area contributed by atoms with Crippen molar-refractivity contribution in [3.05, 3.63) is 88.7 Å². The molecule has 1 amide bonds. The summed E-state index contributed by atoms with van der Waals surface area (Å²) in [5.41, 5.74) is 4.79. The SMILES string of the molecule is Cc1cc(C(=O)OCC(=O)Nc2ccc(CC#N)cc2)c(C)n1Cc1ccccc1. The quantitative estimate of drug-likeness (QED) is 0.606. The van der Waals surface area contributed by atoms with Crippen LogP contribution in [0.5, 0.6) is 0 Å². The van der Waals surface area contributed by atoms with Gasteiger partial charge in [0.05, 0.1) is 18.1 Å². The van der Waals surface area contributed by atoms with Gasteiger partial charge >= 0.3 is 5.97 Å². The molecule has 2 aromatic carbocycles. The van der Waals surface area contributed by atoms with Crippen molar-refractivity contribution >= 4 is 17.6 Å². The highest BCUT2D eigenvalue weighted by atomic mass is 16.5. The Labute approximate surface area is 175 Å². The maximum absolute atomic E-state index is 12.5. The maximum Gasteiger partial charge on any atom is 0.340 e. The molecular weight excluding hydrogens is 378 g/mol. The molecule has 1 aromatic heterocycles. The Bertz CT molecular complexity index is 1080. The molecule has 0 radical (unpaired) electrons. The van der Waals surface area contributed by atoms with Crippen molar-refractivity contribution in [2.75, 3.05) is 11.9 Å². The number of carbonyl (C=O) groups excluding carboxylic acids is 2. The highest BCUT2D eigenvalue weighted by Crippen LogP contribution is 2.18. The molecule has 0 saturated carbocycles. The molecule has 1 heterocycles. The van der Waals surface area contributed by atoms with E-state index in [0.29, 0.717) is 24.2 Å². The number of hydrogen-bond donors (Lipinski definition) is 1. The van der Waals surface area contributed by atoms with E-state index in [4.69, 9.17) is 10.00 Å². The van der Waals surface area contributed by atoms with E-state index in [0.717, 1.165) is 22.5 Å². The van der Waals surface area contributed by atoms with Crippen molar-refractivity contribution < 1.29 is 14.3 Å². The molecule has 152 valence electrons. The van der Waals surface area contributed by atoms with Crippen molar-refractivity contribution in [1.29, 1.82) is 5.26 Å². The average Bonchev–Trinajstić information content (AvgIpc) is 3.03. The van der Waals surface area contributed by atoms with Crippen LogP contribution in [0, 0.1) is 25.2 Å². The second kappa shape index (κ2) is 9.57. The first kappa shape index (κ1) is 20.9. The molecule has 0 spiro atoms. The topological polar surface area (TPSA) is 84.1 Å². The fourth-order valence-electron chi connectivity index (χ4n) is 3.22. The number of esters is 1. The highest BCUT2D eigenvalue weighted by Gasteiger charge is 2.18. The summed E-state index contributed by atoms with van der Waals surface area (Å²) < 4.78 is 7.27. The number of anilines is 1. The molecule has 0 aliphatic heterocycles. The zero-order valence-corrected chi connectivity index (χ0v) is 17.0. The highest BCUT2D eigenvalue weighted by molar-refractivity contribution is 5.96. The van der Waals surface area contributed by atoms with Crippen LogP contribution in [0.4, 0.5) is 5.69 Å². The zero-order valence-electron chi connectivity index (χ0n) is 17.0. The zero-order chi connectivity index (χ0) is 21.5. The number of aryl methyl sites for hydroxylation is 1. The maximum atomic E-state index is 12.5. The Morgan fingerprint density at radius 3 is 2.40 bits per heavy atom. The van der Waals surface area contributed by atoms with E-state index in [-0.39, 0.29) is 6.61 Å². The number of nitrogens with zero attached hydrogens (tertiary/aromatic N) is 2. The lowest BCUT2D eigenvalue weighted by Crippen LogP contribution is -2.21. The fraction of sp³-hybridized carbons (Fsp3) is 0.208. The molecule has 30 heavy (non-hydrogen) atoms. The van der Waals surface area contributed by atoms with Crippen LogP contribution in [0.1, 0.15) is 32.9 Å². The van der Waals surface area contributed by atoms with E-state index in [9.17, 15) is 9.59 Å². The van der Waals surface area contributed by atoms with Gasteiger partial charge in [-0.05, 0) is 43.2 Å². The molecule has 0 aliphatic carbocycles. The molecule has 0 unspecified atom stereocenters. The Morgan fingerprint density at radius 2 is 1.73 bits per heavy atom. The first-order valence-corrected chi connectivity index (χ1v) is 9.61. The molecule has 6 heteroatoms. The van der Waals surface area contributed by atoms with Crippen LogP contribution < -0.4 is 5.32 Å². The van der Waals surface area contributed by atoms with Crippen molar-refractivity contribution in [2.45, 2.75) is 26.8 Å². The summed E-state index contributed by atoms with van der Waals surface area (Å²) in [4.78, 5) is 24.6. The Hall–Kier alpha value is -3.85. The van der Waals surface area contributed by atoms with Crippen molar-refractivity contribution in [3.8, 4) is 6.07 Å². The summed E-state index contributed by atoms with van der Waals surface area (Å²) >= 11 is 0. The molecule has 0 atom stereocenters. The van der Waals surface area contributed by atoms with Gasteiger partial charge in [0.25, 0.3) is 5.91 Å². The van der Waals surface area contributed by atoms with E-state index in [1.807, 2.05) is 44.2 Å². The van der Waals surface area contributed by atoms with Gasteiger partial charge in [-0.15, -0.1) is 0 Å².